The molecule has 178 valence electrons. The Morgan fingerprint density at radius 2 is 1.76 bits per heavy atom. The molecule has 0 heterocycles. The van der Waals surface area contributed by atoms with Crippen LogP contribution in [0.25, 0.3) is 0 Å². The lowest BCUT2D eigenvalue weighted by molar-refractivity contribution is -0.143. The second-order valence-electron chi connectivity index (χ2n) is 8.34. The molecule has 1 atom stereocenters. The molecule has 2 aromatic rings. The minimum Gasteiger partial charge on any atom is -0.484 e. The van der Waals surface area contributed by atoms with E-state index < -0.39 is 6.04 Å². The zero-order valence-corrected chi connectivity index (χ0v) is 21.1. The highest BCUT2D eigenvalue weighted by atomic mass is 35.5. The van der Waals surface area contributed by atoms with Gasteiger partial charge in [-0.15, -0.1) is 0 Å². The first-order valence-corrected chi connectivity index (χ1v) is 12.3. The van der Waals surface area contributed by atoms with Crippen LogP contribution >= 0.6 is 34.8 Å². The van der Waals surface area contributed by atoms with Crippen molar-refractivity contribution in [3.05, 3.63) is 62.6 Å². The number of carbonyl (C=O) groups is 2. The SMILES string of the molecule is CCC(C(=O)NC1CCCC1)N(Cc1c(Cl)cccc1Cl)C(=O)COc1ccc(Cl)c(C)c1. The smallest absolute Gasteiger partial charge is 0.261 e. The molecule has 0 bridgehead atoms. The average Bonchev–Trinajstić information content (AvgIpc) is 3.29. The minimum atomic E-state index is -0.666. The maximum Gasteiger partial charge on any atom is 0.261 e. The van der Waals surface area contributed by atoms with E-state index in [0.717, 1.165) is 31.2 Å². The van der Waals surface area contributed by atoms with Gasteiger partial charge in [0.25, 0.3) is 5.91 Å². The van der Waals surface area contributed by atoms with Gasteiger partial charge in [-0.2, -0.15) is 0 Å². The highest BCUT2D eigenvalue weighted by molar-refractivity contribution is 6.36. The Morgan fingerprint density at radius 1 is 1.09 bits per heavy atom. The molecule has 1 aliphatic carbocycles. The number of nitrogens with zero attached hydrogens (tertiary/aromatic N) is 1. The van der Waals surface area contributed by atoms with Crippen molar-refractivity contribution in [2.75, 3.05) is 6.61 Å². The van der Waals surface area contributed by atoms with E-state index in [4.69, 9.17) is 39.5 Å². The van der Waals surface area contributed by atoms with Crippen molar-refractivity contribution in [1.82, 2.24) is 10.2 Å². The van der Waals surface area contributed by atoms with E-state index in [9.17, 15) is 9.59 Å². The quantitative estimate of drug-likeness (QED) is 0.436. The number of hydrogen-bond acceptors (Lipinski definition) is 3. The molecule has 3 rings (SSSR count). The Morgan fingerprint density at radius 3 is 2.36 bits per heavy atom. The third kappa shape index (κ3) is 6.78. The maximum atomic E-state index is 13.3. The minimum absolute atomic E-state index is 0.108. The van der Waals surface area contributed by atoms with Crippen molar-refractivity contribution in [2.45, 2.75) is 64.6 Å². The lowest BCUT2D eigenvalue weighted by atomic mass is 10.1. The van der Waals surface area contributed by atoms with Gasteiger partial charge < -0.3 is 15.0 Å². The van der Waals surface area contributed by atoms with Crippen LogP contribution in [-0.4, -0.2) is 35.4 Å². The van der Waals surface area contributed by atoms with Crippen molar-refractivity contribution < 1.29 is 14.3 Å². The molecule has 0 aliphatic heterocycles. The second kappa shape index (κ2) is 12.0. The molecule has 1 saturated carbocycles. The zero-order valence-electron chi connectivity index (χ0n) is 18.9. The van der Waals surface area contributed by atoms with Crippen LogP contribution in [0.3, 0.4) is 0 Å². The van der Waals surface area contributed by atoms with Crippen LogP contribution in [0.1, 0.15) is 50.2 Å². The lowest BCUT2D eigenvalue weighted by Gasteiger charge is -2.32. The fraction of sp³-hybridized carbons (Fsp3) is 0.440. The van der Waals surface area contributed by atoms with Gasteiger partial charge >= 0.3 is 0 Å². The van der Waals surface area contributed by atoms with Crippen LogP contribution in [0.5, 0.6) is 5.75 Å². The van der Waals surface area contributed by atoms with Crippen LogP contribution in [-0.2, 0) is 16.1 Å². The van der Waals surface area contributed by atoms with Gasteiger partial charge in [0.2, 0.25) is 5.91 Å². The zero-order chi connectivity index (χ0) is 24.0. The number of rotatable bonds is 9. The summed E-state index contributed by atoms with van der Waals surface area (Å²) < 4.78 is 5.74. The number of hydrogen-bond donors (Lipinski definition) is 1. The van der Waals surface area contributed by atoms with E-state index in [0.29, 0.717) is 32.8 Å². The highest BCUT2D eigenvalue weighted by Gasteiger charge is 2.31. The first kappa shape index (κ1) is 25.7. The molecule has 5 nitrogen and oxygen atoms in total. The maximum absolute atomic E-state index is 13.3. The molecule has 0 radical (unpaired) electrons. The van der Waals surface area contributed by atoms with Crippen LogP contribution in [0, 0.1) is 6.92 Å². The number of amides is 2. The van der Waals surface area contributed by atoms with Gasteiger partial charge in [0.05, 0.1) is 0 Å². The van der Waals surface area contributed by atoms with Gasteiger partial charge in [-0.1, -0.05) is 60.6 Å². The van der Waals surface area contributed by atoms with Gasteiger partial charge in [-0.05, 0) is 62.1 Å². The highest BCUT2D eigenvalue weighted by Crippen LogP contribution is 2.28. The molecular formula is C25H29Cl3N2O3. The average molecular weight is 512 g/mol. The largest absolute Gasteiger partial charge is 0.484 e. The molecule has 1 unspecified atom stereocenters. The van der Waals surface area contributed by atoms with Crippen molar-refractivity contribution in [1.29, 1.82) is 0 Å². The number of ether oxygens (including phenoxy) is 1. The molecule has 0 spiro atoms. The van der Waals surface area contributed by atoms with E-state index in [-0.39, 0.29) is 31.0 Å². The van der Waals surface area contributed by atoms with E-state index in [1.54, 1.807) is 36.4 Å². The van der Waals surface area contributed by atoms with Crippen molar-refractivity contribution >= 4 is 46.6 Å². The first-order valence-electron chi connectivity index (χ1n) is 11.2. The van der Waals surface area contributed by atoms with Gasteiger partial charge in [-0.3, -0.25) is 9.59 Å². The molecule has 2 aromatic carbocycles. The topological polar surface area (TPSA) is 58.6 Å². The molecular weight excluding hydrogens is 483 g/mol. The predicted molar refractivity (Wildman–Crippen MR) is 133 cm³/mol. The summed E-state index contributed by atoms with van der Waals surface area (Å²) in [6.07, 6.45) is 4.59. The Hall–Kier alpha value is -1.95. The van der Waals surface area contributed by atoms with Gasteiger partial charge in [0.1, 0.15) is 11.8 Å². The molecule has 0 saturated heterocycles. The first-order chi connectivity index (χ1) is 15.8. The lowest BCUT2D eigenvalue weighted by Crippen LogP contribution is -2.52. The Kier molecular flexibility index (Phi) is 9.30. The van der Waals surface area contributed by atoms with Crippen LogP contribution in [0.2, 0.25) is 15.1 Å². The molecule has 1 fully saturated rings. The summed E-state index contributed by atoms with van der Waals surface area (Å²) in [6.45, 7) is 3.63. The Bertz CT molecular complexity index is 973. The molecule has 0 aromatic heterocycles. The summed E-state index contributed by atoms with van der Waals surface area (Å²) in [6, 6.07) is 9.88. The number of aryl methyl sites for hydroxylation is 1. The van der Waals surface area contributed by atoms with Crippen LogP contribution in [0.4, 0.5) is 0 Å². The fourth-order valence-electron chi connectivity index (χ4n) is 4.08. The van der Waals surface area contributed by atoms with Crippen molar-refractivity contribution in [3.63, 3.8) is 0 Å². The number of carbonyl (C=O) groups excluding carboxylic acids is 2. The van der Waals surface area contributed by atoms with Crippen LogP contribution < -0.4 is 10.1 Å². The van der Waals surface area contributed by atoms with E-state index >= 15 is 0 Å². The van der Waals surface area contributed by atoms with Gasteiger partial charge in [-0.25, -0.2) is 0 Å². The summed E-state index contributed by atoms with van der Waals surface area (Å²) in [5.74, 6) is 0.0414. The van der Waals surface area contributed by atoms with Crippen LogP contribution in [0.15, 0.2) is 36.4 Å². The van der Waals surface area contributed by atoms with E-state index in [1.807, 2.05) is 13.8 Å². The normalized spacial score (nSPS) is 14.7. The van der Waals surface area contributed by atoms with Gasteiger partial charge in [0, 0.05) is 33.2 Å². The van der Waals surface area contributed by atoms with E-state index in [1.165, 1.54) is 4.90 Å². The standard InChI is InChI=1S/C25H29Cl3N2O3/c1-3-23(25(32)29-17-7-4-5-8-17)30(14-19-21(27)9-6-10-22(19)28)24(31)15-33-18-11-12-20(26)16(2)13-18/h6,9-13,17,23H,3-5,7-8,14-15H2,1-2H3,(H,29,32). The number of halogens is 3. The summed E-state index contributed by atoms with van der Waals surface area (Å²) in [5, 5.41) is 4.63. The molecule has 33 heavy (non-hydrogen) atoms. The van der Waals surface area contributed by atoms with Crippen molar-refractivity contribution in [2.24, 2.45) is 0 Å². The van der Waals surface area contributed by atoms with Crippen molar-refractivity contribution in [3.8, 4) is 5.75 Å². The Labute approximate surface area is 210 Å². The Balaban J connectivity index is 1.81. The number of benzene rings is 2. The summed E-state index contributed by atoms with van der Waals surface area (Å²) in [5.41, 5.74) is 1.45. The third-order valence-corrected chi connectivity index (χ3v) is 7.10. The summed E-state index contributed by atoms with van der Waals surface area (Å²) in [7, 11) is 0. The molecule has 1 N–H and O–H groups in total. The second-order valence-corrected chi connectivity index (χ2v) is 9.56. The number of nitrogens with one attached hydrogen (secondary N) is 1. The van der Waals surface area contributed by atoms with E-state index in [2.05, 4.69) is 5.32 Å². The van der Waals surface area contributed by atoms with Gasteiger partial charge in [0.15, 0.2) is 6.61 Å². The third-order valence-electron chi connectivity index (χ3n) is 5.97. The molecule has 8 heteroatoms. The molecule has 2 amide bonds. The fourth-order valence-corrected chi connectivity index (χ4v) is 4.71. The molecule has 1 aliphatic rings. The summed E-state index contributed by atoms with van der Waals surface area (Å²) >= 11 is 18.8. The summed E-state index contributed by atoms with van der Waals surface area (Å²) in [4.78, 5) is 28.0. The monoisotopic (exact) mass is 510 g/mol. The predicted octanol–water partition coefficient (Wildman–Crippen LogP) is 6.20.